The first-order valence-corrected chi connectivity index (χ1v) is 5.42. The van der Waals surface area contributed by atoms with Crippen LogP contribution >= 0.6 is 0 Å². The number of ether oxygens (including phenoxy) is 1. The first-order valence-electron chi connectivity index (χ1n) is 5.42. The number of hydrogen-bond donors (Lipinski definition) is 1. The predicted octanol–water partition coefficient (Wildman–Crippen LogP) is -0.689. The number of carbonyl (C=O) groups is 1. The first-order chi connectivity index (χ1) is 6.84. The quantitative estimate of drug-likeness (QED) is 0.603. The van der Waals surface area contributed by atoms with Gasteiger partial charge in [-0.15, -0.1) is 0 Å². The van der Waals surface area contributed by atoms with E-state index < -0.39 is 0 Å². The molecule has 3 aliphatic rings. The molecule has 4 nitrogen and oxygen atoms in total. The molecule has 0 radical (unpaired) electrons. The maximum Gasteiger partial charge on any atom is 0.228 e. The number of nitrogens with zero attached hydrogens (tertiary/aromatic N) is 1. The van der Waals surface area contributed by atoms with Gasteiger partial charge in [-0.1, -0.05) is 0 Å². The van der Waals surface area contributed by atoms with E-state index in [0.717, 1.165) is 39.4 Å². The minimum atomic E-state index is 0.259. The molecule has 14 heavy (non-hydrogen) atoms. The van der Waals surface area contributed by atoms with Crippen molar-refractivity contribution in [2.45, 2.75) is 0 Å². The molecule has 1 N–H and O–H groups in total. The Hall–Kier alpha value is -0.610. The average Bonchev–Trinajstić information content (AvgIpc) is 2.56. The summed E-state index contributed by atoms with van der Waals surface area (Å²) < 4.78 is 5.39. The molecule has 3 fully saturated rings. The van der Waals surface area contributed by atoms with Crippen molar-refractivity contribution in [3.63, 3.8) is 0 Å². The summed E-state index contributed by atoms with van der Waals surface area (Å²) in [6.07, 6.45) is 0. The van der Waals surface area contributed by atoms with Gasteiger partial charge in [-0.25, -0.2) is 0 Å². The van der Waals surface area contributed by atoms with Crippen LogP contribution in [0.15, 0.2) is 0 Å². The van der Waals surface area contributed by atoms with Crippen LogP contribution in [-0.4, -0.2) is 50.2 Å². The first kappa shape index (κ1) is 8.68. The minimum absolute atomic E-state index is 0.259. The van der Waals surface area contributed by atoms with E-state index in [2.05, 4.69) is 5.32 Å². The lowest BCUT2D eigenvalue weighted by molar-refractivity contribution is -0.136. The van der Waals surface area contributed by atoms with Gasteiger partial charge in [0.15, 0.2) is 0 Å². The lowest BCUT2D eigenvalue weighted by Crippen LogP contribution is -2.51. The summed E-state index contributed by atoms with van der Waals surface area (Å²) in [5.41, 5.74) is 0. The topological polar surface area (TPSA) is 41.6 Å². The van der Waals surface area contributed by atoms with Gasteiger partial charge >= 0.3 is 0 Å². The van der Waals surface area contributed by atoms with E-state index in [4.69, 9.17) is 4.74 Å². The van der Waals surface area contributed by atoms with Gasteiger partial charge in [-0.2, -0.15) is 0 Å². The fraction of sp³-hybridized carbons (Fsp3) is 0.900. The summed E-state index contributed by atoms with van der Waals surface area (Å²) in [6.45, 7) is 5.33. The van der Waals surface area contributed by atoms with Crippen LogP contribution in [0.4, 0.5) is 0 Å². The molecule has 78 valence electrons. The van der Waals surface area contributed by atoms with Crippen LogP contribution < -0.4 is 5.32 Å². The molecule has 0 aromatic heterocycles. The van der Waals surface area contributed by atoms with E-state index in [1.165, 1.54) is 0 Å². The fourth-order valence-corrected chi connectivity index (χ4v) is 2.59. The molecule has 0 aliphatic carbocycles. The highest BCUT2D eigenvalue weighted by Crippen LogP contribution is 2.30. The number of nitrogens with one attached hydrogen (secondary N) is 1. The largest absolute Gasteiger partial charge is 0.381 e. The third-order valence-corrected chi connectivity index (χ3v) is 3.68. The van der Waals surface area contributed by atoms with Gasteiger partial charge in [0.1, 0.15) is 0 Å². The van der Waals surface area contributed by atoms with Crippen LogP contribution in [-0.2, 0) is 9.53 Å². The molecule has 2 atom stereocenters. The molecule has 4 heteroatoms. The molecule has 0 aromatic rings. The van der Waals surface area contributed by atoms with E-state index in [-0.39, 0.29) is 5.92 Å². The van der Waals surface area contributed by atoms with Crippen molar-refractivity contribution < 1.29 is 9.53 Å². The van der Waals surface area contributed by atoms with Crippen molar-refractivity contribution in [1.82, 2.24) is 10.2 Å². The summed E-state index contributed by atoms with van der Waals surface area (Å²) in [5.74, 6) is 1.85. The van der Waals surface area contributed by atoms with E-state index in [0.29, 0.717) is 17.7 Å². The van der Waals surface area contributed by atoms with Crippen molar-refractivity contribution in [3.8, 4) is 0 Å². The highest BCUT2D eigenvalue weighted by molar-refractivity contribution is 5.80. The number of likely N-dealkylation sites (tertiary alicyclic amines) is 1. The van der Waals surface area contributed by atoms with Crippen LogP contribution in [0.3, 0.4) is 0 Å². The Bertz CT molecular complexity index is 241. The molecule has 2 unspecified atom stereocenters. The van der Waals surface area contributed by atoms with Gasteiger partial charge in [0.05, 0.1) is 19.1 Å². The maximum absolute atomic E-state index is 11.9. The highest BCUT2D eigenvalue weighted by atomic mass is 16.5. The fourth-order valence-electron chi connectivity index (χ4n) is 2.59. The van der Waals surface area contributed by atoms with Gasteiger partial charge in [0.2, 0.25) is 5.91 Å². The molecule has 0 spiro atoms. The Balaban J connectivity index is 1.61. The van der Waals surface area contributed by atoms with Gasteiger partial charge in [0, 0.05) is 38.0 Å². The van der Waals surface area contributed by atoms with Gasteiger partial charge in [-0.3, -0.25) is 4.79 Å². The smallest absolute Gasteiger partial charge is 0.228 e. The second kappa shape index (κ2) is 3.21. The summed E-state index contributed by atoms with van der Waals surface area (Å²) >= 11 is 0. The monoisotopic (exact) mass is 196 g/mol. The second-order valence-corrected chi connectivity index (χ2v) is 4.66. The van der Waals surface area contributed by atoms with Crippen LogP contribution in [0.2, 0.25) is 0 Å². The second-order valence-electron chi connectivity index (χ2n) is 4.66. The van der Waals surface area contributed by atoms with Crippen LogP contribution in [0.1, 0.15) is 0 Å². The Kier molecular flexibility index (Phi) is 1.99. The van der Waals surface area contributed by atoms with E-state index in [1.807, 2.05) is 4.90 Å². The van der Waals surface area contributed by atoms with Crippen LogP contribution in [0.25, 0.3) is 0 Å². The summed E-state index contributed by atoms with van der Waals surface area (Å²) in [7, 11) is 0. The lowest BCUT2D eigenvalue weighted by Gasteiger charge is -2.30. The van der Waals surface area contributed by atoms with Gasteiger partial charge in [-0.05, 0) is 0 Å². The zero-order chi connectivity index (χ0) is 9.54. The highest BCUT2D eigenvalue weighted by Gasteiger charge is 2.41. The van der Waals surface area contributed by atoms with E-state index in [9.17, 15) is 4.79 Å². The summed E-state index contributed by atoms with van der Waals surface area (Å²) in [4.78, 5) is 13.9. The summed E-state index contributed by atoms with van der Waals surface area (Å²) in [6, 6.07) is 0. The van der Waals surface area contributed by atoms with Crippen molar-refractivity contribution in [1.29, 1.82) is 0 Å². The average molecular weight is 196 g/mol. The van der Waals surface area contributed by atoms with Crippen molar-refractivity contribution in [2.24, 2.45) is 17.8 Å². The summed E-state index contributed by atoms with van der Waals surface area (Å²) in [5, 5.41) is 3.14. The molecule has 0 aromatic carbocycles. The molecular weight excluding hydrogens is 180 g/mol. The van der Waals surface area contributed by atoms with Crippen LogP contribution in [0.5, 0.6) is 0 Å². The van der Waals surface area contributed by atoms with Gasteiger partial charge in [0.25, 0.3) is 0 Å². The Morgan fingerprint density at radius 2 is 1.86 bits per heavy atom. The minimum Gasteiger partial charge on any atom is -0.381 e. The Morgan fingerprint density at radius 1 is 1.21 bits per heavy atom. The number of carbonyl (C=O) groups excluding carboxylic acids is 1. The number of rotatable bonds is 1. The van der Waals surface area contributed by atoms with Crippen LogP contribution in [0, 0.1) is 17.8 Å². The Labute approximate surface area is 83.6 Å². The number of fused-ring (bicyclic) bond motifs is 1. The molecule has 0 bridgehead atoms. The standard InChI is InChI=1S/C10H16N2O2/c13-10(7-1-11-2-7)12-3-8-5-14-6-9(8)4-12/h7-9,11H,1-6H2. The molecule has 0 saturated carbocycles. The molecule has 3 rings (SSSR count). The zero-order valence-corrected chi connectivity index (χ0v) is 8.24. The normalized spacial score (nSPS) is 37.0. The number of hydrogen-bond acceptors (Lipinski definition) is 3. The molecule has 3 aliphatic heterocycles. The van der Waals surface area contributed by atoms with Crippen molar-refractivity contribution >= 4 is 5.91 Å². The SMILES string of the molecule is O=C(C1CNC1)N1CC2COCC2C1. The molecular formula is C10H16N2O2. The third kappa shape index (κ3) is 1.25. The number of amides is 1. The van der Waals surface area contributed by atoms with Crippen molar-refractivity contribution in [3.05, 3.63) is 0 Å². The predicted molar refractivity (Wildman–Crippen MR) is 50.7 cm³/mol. The maximum atomic E-state index is 11.9. The molecule has 3 saturated heterocycles. The Morgan fingerprint density at radius 3 is 2.36 bits per heavy atom. The van der Waals surface area contributed by atoms with Crippen molar-refractivity contribution in [2.75, 3.05) is 39.4 Å². The third-order valence-electron chi connectivity index (χ3n) is 3.68. The molecule has 1 amide bonds. The van der Waals surface area contributed by atoms with E-state index >= 15 is 0 Å². The zero-order valence-electron chi connectivity index (χ0n) is 8.24. The van der Waals surface area contributed by atoms with E-state index in [1.54, 1.807) is 0 Å². The lowest BCUT2D eigenvalue weighted by atomic mass is 10.0. The molecule has 3 heterocycles. The van der Waals surface area contributed by atoms with Gasteiger partial charge < -0.3 is 15.0 Å².